The minimum atomic E-state index is -1.08. The van der Waals surface area contributed by atoms with Gasteiger partial charge in [-0.2, -0.15) is 0 Å². The molecule has 0 aliphatic carbocycles. The van der Waals surface area contributed by atoms with Crippen LogP contribution in [0, 0.1) is 18.6 Å². The van der Waals surface area contributed by atoms with E-state index < -0.39 is 17.0 Å². The van der Waals surface area contributed by atoms with E-state index in [9.17, 15) is 13.6 Å². The standard InChI is InChI=1S/C21H21F2N3O2/c1-14-3-2-4-19-25-16(13-26(14)19)12-24-20(27)21(7-9-28-10-8-21)17-6-5-15(22)11-18(17)23/h2-6,11,13H,7-10,12H2,1H3,(H,24,27). The summed E-state index contributed by atoms with van der Waals surface area (Å²) in [5, 5.41) is 2.90. The van der Waals surface area contributed by atoms with Gasteiger partial charge in [-0.3, -0.25) is 4.79 Å². The Morgan fingerprint density at radius 1 is 1.25 bits per heavy atom. The van der Waals surface area contributed by atoms with Crippen molar-refractivity contribution in [1.82, 2.24) is 14.7 Å². The molecule has 1 fully saturated rings. The average Bonchev–Trinajstić information content (AvgIpc) is 3.11. The highest BCUT2D eigenvalue weighted by molar-refractivity contribution is 5.88. The van der Waals surface area contributed by atoms with Crippen LogP contribution in [0.1, 0.15) is 29.8 Å². The third-order valence-corrected chi connectivity index (χ3v) is 5.40. The molecule has 3 heterocycles. The monoisotopic (exact) mass is 385 g/mol. The Labute approximate surface area is 161 Å². The first-order chi connectivity index (χ1) is 13.5. The summed E-state index contributed by atoms with van der Waals surface area (Å²) >= 11 is 0. The van der Waals surface area contributed by atoms with Gasteiger partial charge in [-0.15, -0.1) is 0 Å². The van der Waals surface area contributed by atoms with Crippen molar-refractivity contribution in [3.05, 3.63) is 71.2 Å². The van der Waals surface area contributed by atoms with Crippen LogP contribution < -0.4 is 5.32 Å². The number of pyridine rings is 1. The second-order valence-corrected chi connectivity index (χ2v) is 7.13. The van der Waals surface area contributed by atoms with Gasteiger partial charge in [0.05, 0.1) is 17.7 Å². The van der Waals surface area contributed by atoms with E-state index in [1.807, 2.05) is 35.7 Å². The van der Waals surface area contributed by atoms with Crippen LogP contribution >= 0.6 is 0 Å². The van der Waals surface area contributed by atoms with Gasteiger partial charge in [-0.1, -0.05) is 12.1 Å². The number of carbonyl (C=O) groups is 1. The van der Waals surface area contributed by atoms with Crippen molar-refractivity contribution < 1.29 is 18.3 Å². The first kappa shape index (κ1) is 18.6. The van der Waals surface area contributed by atoms with Crippen molar-refractivity contribution >= 4 is 11.6 Å². The summed E-state index contributed by atoms with van der Waals surface area (Å²) in [6, 6.07) is 9.17. The molecule has 5 nitrogen and oxygen atoms in total. The minimum Gasteiger partial charge on any atom is -0.381 e. The Morgan fingerprint density at radius 2 is 2.04 bits per heavy atom. The van der Waals surface area contributed by atoms with Crippen LogP contribution in [0.5, 0.6) is 0 Å². The molecule has 1 N–H and O–H groups in total. The predicted molar refractivity (Wildman–Crippen MR) is 99.9 cm³/mol. The number of ether oxygens (including phenoxy) is 1. The van der Waals surface area contributed by atoms with E-state index in [-0.39, 0.29) is 18.0 Å². The number of rotatable bonds is 4. The molecule has 1 aliphatic heterocycles. The van der Waals surface area contributed by atoms with Crippen LogP contribution in [0.4, 0.5) is 8.78 Å². The van der Waals surface area contributed by atoms with E-state index >= 15 is 0 Å². The first-order valence-electron chi connectivity index (χ1n) is 9.25. The summed E-state index contributed by atoms with van der Waals surface area (Å²) in [6.07, 6.45) is 2.55. The summed E-state index contributed by atoms with van der Waals surface area (Å²) in [7, 11) is 0. The molecule has 0 unspecified atom stereocenters. The molecule has 0 saturated carbocycles. The summed E-state index contributed by atoms with van der Waals surface area (Å²) in [6.45, 7) is 2.90. The van der Waals surface area contributed by atoms with Gasteiger partial charge < -0.3 is 14.5 Å². The van der Waals surface area contributed by atoms with Crippen LogP contribution in [0.15, 0.2) is 42.6 Å². The smallest absolute Gasteiger partial charge is 0.231 e. The first-order valence-corrected chi connectivity index (χ1v) is 9.25. The van der Waals surface area contributed by atoms with Crippen LogP contribution in [-0.4, -0.2) is 28.5 Å². The van der Waals surface area contributed by atoms with E-state index in [1.165, 1.54) is 12.1 Å². The van der Waals surface area contributed by atoms with Crippen molar-refractivity contribution in [3.8, 4) is 0 Å². The predicted octanol–water partition coefficient (Wildman–Crippen LogP) is 3.29. The third-order valence-electron chi connectivity index (χ3n) is 5.40. The number of aromatic nitrogens is 2. The number of aryl methyl sites for hydroxylation is 1. The summed E-state index contributed by atoms with van der Waals surface area (Å²) in [5.74, 6) is -1.67. The molecule has 7 heteroatoms. The number of benzene rings is 1. The molecular formula is C21H21F2N3O2. The molecule has 28 heavy (non-hydrogen) atoms. The van der Waals surface area contributed by atoms with Crippen molar-refractivity contribution in [2.75, 3.05) is 13.2 Å². The SMILES string of the molecule is Cc1cccc2nc(CNC(=O)C3(c4ccc(F)cc4F)CCOCC3)cn12. The lowest BCUT2D eigenvalue weighted by Crippen LogP contribution is -2.48. The van der Waals surface area contributed by atoms with Gasteiger partial charge in [0.25, 0.3) is 0 Å². The molecule has 0 radical (unpaired) electrons. The topological polar surface area (TPSA) is 55.6 Å². The molecule has 1 saturated heterocycles. The van der Waals surface area contributed by atoms with Gasteiger partial charge in [0.15, 0.2) is 0 Å². The molecular weight excluding hydrogens is 364 g/mol. The molecule has 0 atom stereocenters. The molecule has 4 rings (SSSR count). The lowest BCUT2D eigenvalue weighted by atomic mass is 9.73. The maximum Gasteiger partial charge on any atom is 0.231 e. The molecule has 1 amide bonds. The maximum absolute atomic E-state index is 14.5. The lowest BCUT2D eigenvalue weighted by molar-refractivity contribution is -0.130. The highest BCUT2D eigenvalue weighted by Crippen LogP contribution is 2.37. The molecule has 1 aliphatic rings. The van der Waals surface area contributed by atoms with Gasteiger partial charge in [0, 0.05) is 36.7 Å². The van der Waals surface area contributed by atoms with Gasteiger partial charge in [-0.05, 0) is 38.0 Å². The zero-order valence-electron chi connectivity index (χ0n) is 15.5. The van der Waals surface area contributed by atoms with Crippen molar-refractivity contribution in [3.63, 3.8) is 0 Å². The lowest BCUT2D eigenvalue weighted by Gasteiger charge is -2.36. The van der Waals surface area contributed by atoms with Crippen LogP contribution in [0.2, 0.25) is 0 Å². The van der Waals surface area contributed by atoms with Crippen LogP contribution in [-0.2, 0) is 21.5 Å². The number of amides is 1. The molecule has 146 valence electrons. The minimum absolute atomic E-state index is 0.209. The number of fused-ring (bicyclic) bond motifs is 1. The number of hydrogen-bond acceptors (Lipinski definition) is 3. The molecule has 2 aromatic heterocycles. The van der Waals surface area contributed by atoms with Crippen molar-refractivity contribution in [1.29, 1.82) is 0 Å². The number of imidazole rings is 1. The van der Waals surface area contributed by atoms with E-state index in [2.05, 4.69) is 10.3 Å². The normalized spacial score (nSPS) is 16.2. The van der Waals surface area contributed by atoms with Gasteiger partial charge in [0.1, 0.15) is 17.3 Å². The third kappa shape index (κ3) is 3.26. The van der Waals surface area contributed by atoms with Crippen LogP contribution in [0.3, 0.4) is 0 Å². The van der Waals surface area contributed by atoms with E-state index in [0.29, 0.717) is 31.7 Å². The summed E-state index contributed by atoms with van der Waals surface area (Å²) < 4.78 is 35.2. The van der Waals surface area contributed by atoms with E-state index in [0.717, 1.165) is 17.4 Å². The molecule has 1 aromatic carbocycles. The Morgan fingerprint density at radius 3 is 2.75 bits per heavy atom. The summed E-state index contributed by atoms with van der Waals surface area (Å²) in [5.41, 5.74) is 1.68. The fourth-order valence-corrected chi connectivity index (χ4v) is 3.84. The van der Waals surface area contributed by atoms with E-state index in [4.69, 9.17) is 4.74 Å². The maximum atomic E-state index is 14.5. The number of nitrogens with zero attached hydrogens (tertiary/aromatic N) is 2. The second-order valence-electron chi connectivity index (χ2n) is 7.13. The highest BCUT2D eigenvalue weighted by Gasteiger charge is 2.43. The van der Waals surface area contributed by atoms with Crippen LogP contribution in [0.25, 0.3) is 5.65 Å². The number of hydrogen-bond donors (Lipinski definition) is 1. The zero-order valence-corrected chi connectivity index (χ0v) is 15.5. The van der Waals surface area contributed by atoms with Gasteiger partial charge >= 0.3 is 0 Å². The fraction of sp³-hybridized carbons (Fsp3) is 0.333. The second kappa shape index (κ2) is 7.31. The van der Waals surface area contributed by atoms with Crippen molar-refractivity contribution in [2.24, 2.45) is 0 Å². The largest absolute Gasteiger partial charge is 0.381 e. The fourth-order valence-electron chi connectivity index (χ4n) is 3.84. The Kier molecular flexibility index (Phi) is 4.85. The quantitative estimate of drug-likeness (QED) is 0.750. The summed E-state index contributed by atoms with van der Waals surface area (Å²) in [4.78, 5) is 17.7. The molecule has 0 spiro atoms. The van der Waals surface area contributed by atoms with Gasteiger partial charge in [0.2, 0.25) is 5.91 Å². The zero-order chi connectivity index (χ0) is 19.7. The Balaban J connectivity index is 1.59. The average molecular weight is 385 g/mol. The highest BCUT2D eigenvalue weighted by atomic mass is 19.1. The van der Waals surface area contributed by atoms with E-state index in [1.54, 1.807) is 0 Å². The Bertz CT molecular complexity index is 1030. The van der Waals surface area contributed by atoms with Gasteiger partial charge in [-0.25, -0.2) is 13.8 Å². The number of nitrogens with one attached hydrogen (secondary N) is 1. The molecule has 0 bridgehead atoms. The molecule has 3 aromatic rings. The van der Waals surface area contributed by atoms with Crippen molar-refractivity contribution in [2.45, 2.75) is 31.7 Å². The number of halogens is 2. The number of carbonyl (C=O) groups excluding carboxylic acids is 1. The Hall–Kier alpha value is -2.80.